The van der Waals surface area contributed by atoms with E-state index in [-0.39, 0.29) is 19.0 Å². The Morgan fingerprint density at radius 2 is 1.71 bits per heavy atom. The van der Waals surface area contributed by atoms with Gasteiger partial charge in [-0.1, -0.05) is 5.57 Å². The van der Waals surface area contributed by atoms with Crippen LogP contribution in [0, 0.1) is 0 Å². The molecule has 0 aromatic heterocycles. The maximum atomic E-state index is 12.5. The molecule has 0 aromatic rings. The number of phosphoric ester groups is 1. The lowest BCUT2D eigenvalue weighted by atomic mass is 9.92. The Labute approximate surface area is 127 Å². The summed E-state index contributed by atoms with van der Waals surface area (Å²) in [6.45, 7) is 7.64. The molecule has 6 heteroatoms. The zero-order valence-electron chi connectivity index (χ0n) is 13.3. The number of carbonyl (C=O) groups excluding carboxylic acids is 1. The van der Waals surface area contributed by atoms with E-state index < -0.39 is 7.82 Å². The van der Waals surface area contributed by atoms with Crippen LogP contribution in [0.4, 0.5) is 0 Å². The Kier molecular flexibility index (Phi) is 7.36. The third-order valence-corrected chi connectivity index (χ3v) is 4.49. The number of rotatable bonds is 7. The number of hydrogen-bond acceptors (Lipinski definition) is 5. The molecule has 1 saturated carbocycles. The van der Waals surface area contributed by atoms with Crippen molar-refractivity contribution >= 4 is 13.6 Å². The number of carbonyl (C=O) groups is 1. The maximum Gasteiger partial charge on any atom is 0.530 e. The van der Waals surface area contributed by atoms with Gasteiger partial charge in [0.1, 0.15) is 5.76 Å². The summed E-state index contributed by atoms with van der Waals surface area (Å²) in [4.78, 5) is 12.1. The predicted molar refractivity (Wildman–Crippen MR) is 81.9 cm³/mol. The highest BCUT2D eigenvalue weighted by molar-refractivity contribution is 7.48. The van der Waals surface area contributed by atoms with E-state index in [0.29, 0.717) is 24.2 Å². The molecule has 21 heavy (non-hydrogen) atoms. The van der Waals surface area contributed by atoms with Crippen molar-refractivity contribution in [1.82, 2.24) is 0 Å². The van der Waals surface area contributed by atoms with Crippen LogP contribution in [-0.4, -0.2) is 19.0 Å². The molecular formula is C15H25O5P. The molecule has 120 valence electrons. The molecule has 1 aliphatic rings. The first kappa shape index (κ1) is 18.1. The minimum absolute atomic E-state index is 0.0493. The molecule has 0 saturated heterocycles. The molecule has 0 unspecified atom stereocenters. The Morgan fingerprint density at radius 3 is 2.19 bits per heavy atom. The molecule has 0 spiro atoms. The lowest BCUT2D eigenvalue weighted by Gasteiger charge is -2.21. The van der Waals surface area contributed by atoms with Gasteiger partial charge in [0.15, 0.2) is 5.78 Å². The highest BCUT2D eigenvalue weighted by atomic mass is 31.2. The normalized spacial score (nSPS) is 18.4. The number of phosphoric acid groups is 1. The van der Waals surface area contributed by atoms with Gasteiger partial charge in [-0.15, -0.1) is 0 Å². The van der Waals surface area contributed by atoms with Crippen molar-refractivity contribution in [1.29, 1.82) is 0 Å². The van der Waals surface area contributed by atoms with Crippen molar-refractivity contribution in [3.63, 3.8) is 0 Å². The van der Waals surface area contributed by atoms with Crippen LogP contribution < -0.4 is 0 Å². The van der Waals surface area contributed by atoms with Crippen molar-refractivity contribution in [3.8, 4) is 0 Å². The first-order valence-corrected chi connectivity index (χ1v) is 8.88. The third-order valence-electron chi connectivity index (χ3n) is 2.92. The van der Waals surface area contributed by atoms with Crippen LogP contribution in [-0.2, 0) is 22.9 Å². The average molecular weight is 316 g/mol. The molecule has 0 bridgehead atoms. The van der Waals surface area contributed by atoms with E-state index in [2.05, 4.69) is 0 Å². The molecule has 1 aliphatic carbocycles. The second-order valence-corrected chi connectivity index (χ2v) is 6.66. The van der Waals surface area contributed by atoms with E-state index in [9.17, 15) is 9.36 Å². The van der Waals surface area contributed by atoms with Crippen LogP contribution in [0.25, 0.3) is 0 Å². The molecule has 0 heterocycles. The van der Waals surface area contributed by atoms with Gasteiger partial charge in [-0.25, -0.2) is 4.57 Å². The molecule has 0 atom stereocenters. The van der Waals surface area contributed by atoms with E-state index in [0.717, 1.165) is 18.4 Å². The van der Waals surface area contributed by atoms with Gasteiger partial charge in [-0.2, -0.15) is 0 Å². The fraction of sp³-hybridized carbons (Fsp3) is 0.667. The second kappa shape index (κ2) is 8.52. The maximum absolute atomic E-state index is 12.5. The number of Topliss-reactive ketones (excluding diaryl/α,β-unsaturated/α-hetero) is 1. The summed E-state index contributed by atoms with van der Waals surface area (Å²) < 4.78 is 28.3. The van der Waals surface area contributed by atoms with Gasteiger partial charge in [0.2, 0.25) is 0 Å². The van der Waals surface area contributed by atoms with Crippen LogP contribution in [0.15, 0.2) is 23.0 Å². The monoisotopic (exact) mass is 316 g/mol. The summed E-state index contributed by atoms with van der Waals surface area (Å²) in [7, 11) is -3.68. The van der Waals surface area contributed by atoms with E-state index in [1.165, 1.54) is 0 Å². The van der Waals surface area contributed by atoms with Crippen molar-refractivity contribution in [2.75, 3.05) is 13.2 Å². The van der Waals surface area contributed by atoms with E-state index in [1.807, 2.05) is 13.8 Å². The van der Waals surface area contributed by atoms with E-state index in [4.69, 9.17) is 13.6 Å². The van der Waals surface area contributed by atoms with Gasteiger partial charge in [0.25, 0.3) is 0 Å². The van der Waals surface area contributed by atoms with Gasteiger partial charge >= 0.3 is 7.82 Å². The molecule has 0 radical (unpaired) electrons. The predicted octanol–water partition coefficient (Wildman–Crippen LogP) is 4.55. The van der Waals surface area contributed by atoms with Gasteiger partial charge in [0, 0.05) is 12.0 Å². The average Bonchev–Trinajstić information content (AvgIpc) is 2.38. The van der Waals surface area contributed by atoms with Crippen LogP contribution in [0.5, 0.6) is 0 Å². The lowest BCUT2D eigenvalue weighted by Crippen LogP contribution is -2.12. The van der Waals surface area contributed by atoms with Crippen molar-refractivity contribution < 1.29 is 22.9 Å². The van der Waals surface area contributed by atoms with Gasteiger partial charge in [-0.3, -0.25) is 13.8 Å². The fourth-order valence-electron chi connectivity index (χ4n) is 2.10. The molecule has 0 N–H and O–H groups in total. The van der Waals surface area contributed by atoms with Crippen molar-refractivity contribution in [2.45, 2.75) is 53.4 Å². The quantitative estimate of drug-likeness (QED) is 0.392. The molecule has 0 amide bonds. The molecule has 1 rings (SSSR count). The second-order valence-electron chi connectivity index (χ2n) is 5.07. The fourth-order valence-corrected chi connectivity index (χ4v) is 3.31. The Hall–Kier alpha value is -0.900. The zero-order valence-corrected chi connectivity index (χ0v) is 14.2. The van der Waals surface area contributed by atoms with E-state index >= 15 is 0 Å². The van der Waals surface area contributed by atoms with Crippen LogP contribution >= 0.6 is 7.82 Å². The minimum atomic E-state index is -3.68. The Balaban J connectivity index is 3.13. The summed E-state index contributed by atoms with van der Waals surface area (Å²) in [5, 5.41) is 0. The summed E-state index contributed by atoms with van der Waals surface area (Å²) in [6, 6.07) is 0. The molecular weight excluding hydrogens is 291 g/mol. The van der Waals surface area contributed by atoms with Crippen LogP contribution in [0.1, 0.15) is 53.4 Å². The molecule has 0 aliphatic heterocycles. The summed E-state index contributed by atoms with van der Waals surface area (Å²) in [6.07, 6.45) is 4.68. The summed E-state index contributed by atoms with van der Waals surface area (Å²) in [5.41, 5.74) is 1.54. The SMILES string of the molecule is CCOP(=O)(OCC)O/C(C=C(C)C)=C1/CCCCC1=O. The third kappa shape index (κ3) is 5.77. The zero-order chi connectivity index (χ0) is 15.9. The standard InChI is InChI=1S/C15H25O5P/c1-5-18-21(17,19-6-2)20-15(11-12(3)4)13-9-7-8-10-14(13)16/h11H,5-10H2,1-4H3/b15-13-. The Bertz CT molecular complexity index is 464. The first-order chi connectivity index (χ1) is 9.91. The van der Waals surface area contributed by atoms with Crippen molar-refractivity contribution in [2.24, 2.45) is 0 Å². The van der Waals surface area contributed by atoms with Gasteiger partial charge < -0.3 is 4.52 Å². The first-order valence-electron chi connectivity index (χ1n) is 7.41. The summed E-state index contributed by atoms with van der Waals surface area (Å²) >= 11 is 0. The highest BCUT2D eigenvalue weighted by Gasteiger charge is 2.30. The molecule has 0 aromatic carbocycles. The Morgan fingerprint density at radius 1 is 1.14 bits per heavy atom. The lowest BCUT2D eigenvalue weighted by molar-refractivity contribution is -0.116. The van der Waals surface area contributed by atoms with Crippen molar-refractivity contribution in [3.05, 3.63) is 23.0 Å². The molecule has 1 fully saturated rings. The molecule has 5 nitrogen and oxygen atoms in total. The van der Waals surface area contributed by atoms with Crippen LogP contribution in [0.2, 0.25) is 0 Å². The minimum Gasteiger partial charge on any atom is -0.404 e. The topological polar surface area (TPSA) is 61.8 Å². The smallest absolute Gasteiger partial charge is 0.404 e. The van der Waals surface area contributed by atoms with Gasteiger partial charge in [0.05, 0.1) is 13.2 Å². The van der Waals surface area contributed by atoms with Gasteiger partial charge in [-0.05, 0) is 53.0 Å². The van der Waals surface area contributed by atoms with E-state index in [1.54, 1.807) is 19.9 Å². The number of hydrogen-bond donors (Lipinski definition) is 0. The number of allylic oxidation sites excluding steroid dienone is 3. The largest absolute Gasteiger partial charge is 0.530 e. The number of ketones is 1. The summed E-state index contributed by atoms with van der Waals surface area (Å²) in [5.74, 6) is 0.373. The van der Waals surface area contributed by atoms with Crippen LogP contribution in [0.3, 0.4) is 0 Å². The highest BCUT2D eigenvalue weighted by Crippen LogP contribution is 2.52.